The highest BCUT2D eigenvalue weighted by Crippen LogP contribution is 2.26. The highest BCUT2D eigenvalue weighted by molar-refractivity contribution is 9.13. The van der Waals surface area contributed by atoms with Gasteiger partial charge in [-0.25, -0.2) is 0 Å². The van der Waals surface area contributed by atoms with Crippen molar-refractivity contribution in [2.24, 2.45) is 5.92 Å². The summed E-state index contributed by atoms with van der Waals surface area (Å²) in [6.45, 7) is 5.18. The van der Waals surface area contributed by atoms with Gasteiger partial charge in [0, 0.05) is 6.54 Å². The summed E-state index contributed by atoms with van der Waals surface area (Å²) in [4.78, 5) is 0. The summed E-state index contributed by atoms with van der Waals surface area (Å²) in [6, 6.07) is 1.90. The summed E-state index contributed by atoms with van der Waals surface area (Å²) in [5, 5.41) is 12.7. The van der Waals surface area contributed by atoms with Crippen molar-refractivity contribution in [1.29, 1.82) is 0 Å². The highest BCUT2D eigenvalue weighted by Gasteiger charge is 2.09. The van der Waals surface area contributed by atoms with Gasteiger partial charge in [-0.1, -0.05) is 13.8 Å². The topological polar surface area (TPSA) is 45.4 Å². The summed E-state index contributed by atoms with van der Waals surface area (Å²) in [6.07, 6.45) is -0.313. The minimum absolute atomic E-state index is 0.271. The van der Waals surface area contributed by atoms with Crippen LogP contribution in [0.25, 0.3) is 0 Å². The van der Waals surface area contributed by atoms with Crippen LogP contribution in [0.1, 0.15) is 19.6 Å². The van der Waals surface area contributed by atoms with Crippen molar-refractivity contribution in [1.82, 2.24) is 5.32 Å². The molecular weight excluding hydrogens is 326 g/mol. The number of aliphatic hydroxyl groups is 1. The van der Waals surface area contributed by atoms with Gasteiger partial charge in [-0.3, -0.25) is 0 Å². The van der Waals surface area contributed by atoms with Gasteiger partial charge in [0.2, 0.25) is 0 Å². The predicted molar refractivity (Wildman–Crippen MR) is 66.7 cm³/mol. The first-order valence-electron chi connectivity index (χ1n) is 4.83. The van der Waals surface area contributed by atoms with Gasteiger partial charge < -0.3 is 14.8 Å². The maximum atomic E-state index is 9.55. The molecule has 5 heteroatoms. The fraction of sp³-hybridized carbons (Fsp3) is 0.600. The summed E-state index contributed by atoms with van der Waals surface area (Å²) in [5.41, 5.74) is 0. The lowest BCUT2D eigenvalue weighted by atomic mass is 10.1. The zero-order valence-corrected chi connectivity index (χ0v) is 11.9. The number of rotatable bonds is 5. The molecule has 1 rings (SSSR count). The first kappa shape index (κ1) is 13.2. The molecule has 0 amide bonds. The second-order valence-electron chi connectivity index (χ2n) is 3.78. The van der Waals surface area contributed by atoms with E-state index in [1.165, 1.54) is 0 Å². The van der Waals surface area contributed by atoms with Crippen molar-refractivity contribution in [3.8, 4) is 0 Å². The number of hydrogen-bond acceptors (Lipinski definition) is 3. The lowest BCUT2D eigenvalue weighted by Crippen LogP contribution is -2.30. The zero-order chi connectivity index (χ0) is 11.4. The average molecular weight is 341 g/mol. The lowest BCUT2D eigenvalue weighted by Gasteiger charge is -2.14. The van der Waals surface area contributed by atoms with Crippen molar-refractivity contribution in [2.75, 3.05) is 6.54 Å². The molecule has 0 aliphatic rings. The summed E-state index contributed by atoms with van der Waals surface area (Å²) in [5.74, 6) is 1.11. The van der Waals surface area contributed by atoms with E-state index in [9.17, 15) is 5.11 Å². The third-order valence-corrected chi connectivity index (χ3v) is 3.83. The van der Waals surface area contributed by atoms with E-state index in [4.69, 9.17) is 4.42 Å². The Balaban J connectivity index is 2.32. The van der Waals surface area contributed by atoms with Gasteiger partial charge in [0.05, 0.1) is 17.1 Å². The Kier molecular flexibility index (Phi) is 5.32. The molecular formula is C10H15Br2NO2. The van der Waals surface area contributed by atoms with E-state index in [-0.39, 0.29) is 12.0 Å². The van der Waals surface area contributed by atoms with E-state index in [0.29, 0.717) is 17.8 Å². The number of nitrogens with one attached hydrogen (secondary N) is 1. The Morgan fingerprint density at radius 1 is 1.47 bits per heavy atom. The van der Waals surface area contributed by atoms with Crippen LogP contribution in [0, 0.1) is 5.92 Å². The molecule has 0 radical (unpaired) electrons. The van der Waals surface area contributed by atoms with Crippen LogP contribution in [0.2, 0.25) is 0 Å². The largest absolute Gasteiger partial charge is 0.452 e. The molecule has 1 unspecified atom stereocenters. The smallest absolute Gasteiger partial charge is 0.183 e. The summed E-state index contributed by atoms with van der Waals surface area (Å²) < 4.78 is 6.99. The number of aliphatic hydroxyl groups excluding tert-OH is 1. The molecule has 0 saturated heterocycles. The SMILES string of the molecule is CC(C)C(O)CNCc1cc(Br)c(Br)o1. The van der Waals surface area contributed by atoms with Crippen molar-refractivity contribution >= 4 is 31.9 Å². The minimum Gasteiger partial charge on any atom is -0.452 e. The first-order chi connectivity index (χ1) is 7.00. The quantitative estimate of drug-likeness (QED) is 0.866. The molecule has 0 saturated carbocycles. The molecule has 0 aromatic carbocycles. The van der Waals surface area contributed by atoms with Crippen LogP contribution in [0.4, 0.5) is 0 Å². The van der Waals surface area contributed by atoms with E-state index in [1.807, 2.05) is 19.9 Å². The lowest BCUT2D eigenvalue weighted by molar-refractivity contribution is 0.122. The van der Waals surface area contributed by atoms with E-state index in [1.54, 1.807) is 0 Å². The van der Waals surface area contributed by atoms with Crippen LogP contribution in [-0.4, -0.2) is 17.8 Å². The Labute approximate surface area is 106 Å². The summed E-state index contributed by atoms with van der Waals surface area (Å²) >= 11 is 6.61. The Morgan fingerprint density at radius 3 is 2.60 bits per heavy atom. The van der Waals surface area contributed by atoms with Gasteiger partial charge in [0.15, 0.2) is 4.67 Å². The standard InChI is InChI=1S/C10H15Br2NO2/c1-6(2)9(14)5-13-4-7-3-8(11)10(12)15-7/h3,6,9,13-14H,4-5H2,1-2H3. The van der Waals surface area contributed by atoms with Crippen LogP contribution < -0.4 is 5.32 Å². The van der Waals surface area contributed by atoms with Gasteiger partial charge in [0.25, 0.3) is 0 Å². The Bertz CT molecular complexity index is 293. The molecule has 15 heavy (non-hydrogen) atoms. The van der Waals surface area contributed by atoms with Crippen LogP contribution in [0.5, 0.6) is 0 Å². The molecule has 1 aromatic rings. The van der Waals surface area contributed by atoms with Crippen LogP contribution in [0.15, 0.2) is 19.6 Å². The Hall–Kier alpha value is 0.160. The van der Waals surface area contributed by atoms with Crippen LogP contribution >= 0.6 is 31.9 Å². The maximum absolute atomic E-state index is 9.55. The Morgan fingerprint density at radius 2 is 2.13 bits per heavy atom. The zero-order valence-electron chi connectivity index (χ0n) is 8.76. The van der Waals surface area contributed by atoms with Gasteiger partial charge in [-0.15, -0.1) is 0 Å². The van der Waals surface area contributed by atoms with E-state index >= 15 is 0 Å². The maximum Gasteiger partial charge on any atom is 0.183 e. The predicted octanol–water partition coefficient (Wildman–Crippen LogP) is 2.91. The molecule has 1 heterocycles. The molecule has 0 aliphatic carbocycles. The molecule has 3 nitrogen and oxygen atoms in total. The van der Waals surface area contributed by atoms with Crippen molar-refractivity contribution in [3.63, 3.8) is 0 Å². The molecule has 0 bridgehead atoms. The van der Waals surface area contributed by atoms with E-state index < -0.39 is 0 Å². The highest BCUT2D eigenvalue weighted by atomic mass is 79.9. The molecule has 1 aromatic heterocycles. The number of halogens is 2. The van der Waals surface area contributed by atoms with Gasteiger partial charge in [-0.05, 0) is 43.8 Å². The van der Waals surface area contributed by atoms with Crippen LogP contribution in [-0.2, 0) is 6.54 Å². The average Bonchev–Trinajstić information content (AvgIpc) is 2.46. The monoisotopic (exact) mass is 339 g/mol. The second-order valence-corrected chi connectivity index (χ2v) is 5.35. The fourth-order valence-corrected chi connectivity index (χ4v) is 1.72. The third kappa shape index (κ3) is 4.26. The van der Waals surface area contributed by atoms with Crippen molar-refractivity contribution in [3.05, 3.63) is 21.0 Å². The fourth-order valence-electron chi connectivity index (χ4n) is 1.06. The molecule has 0 fully saturated rings. The molecule has 86 valence electrons. The van der Waals surface area contributed by atoms with Crippen LogP contribution in [0.3, 0.4) is 0 Å². The van der Waals surface area contributed by atoms with Crippen molar-refractivity contribution < 1.29 is 9.52 Å². The van der Waals surface area contributed by atoms with E-state index in [0.717, 1.165) is 10.2 Å². The molecule has 1 atom stereocenters. The van der Waals surface area contributed by atoms with Gasteiger partial charge >= 0.3 is 0 Å². The van der Waals surface area contributed by atoms with Crippen molar-refractivity contribution in [2.45, 2.75) is 26.5 Å². The number of hydrogen-bond donors (Lipinski definition) is 2. The molecule has 0 aliphatic heterocycles. The minimum atomic E-state index is -0.313. The number of furan rings is 1. The van der Waals surface area contributed by atoms with Gasteiger partial charge in [-0.2, -0.15) is 0 Å². The molecule has 0 spiro atoms. The van der Waals surface area contributed by atoms with Gasteiger partial charge in [0.1, 0.15) is 5.76 Å². The third-order valence-electron chi connectivity index (χ3n) is 2.12. The first-order valence-corrected chi connectivity index (χ1v) is 6.41. The molecule has 2 N–H and O–H groups in total. The summed E-state index contributed by atoms with van der Waals surface area (Å²) in [7, 11) is 0. The second kappa shape index (κ2) is 6.03. The van der Waals surface area contributed by atoms with E-state index in [2.05, 4.69) is 37.2 Å². The normalized spacial score (nSPS) is 13.5.